The molecule has 0 radical (unpaired) electrons. The molecule has 110 valence electrons. The fraction of sp³-hybridized carbons (Fsp3) is 0.615. The lowest BCUT2D eigenvalue weighted by atomic mass is 10.0. The van der Waals surface area contributed by atoms with Crippen molar-refractivity contribution in [2.75, 3.05) is 13.2 Å². The summed E-state index contributed by atoms with van der Waals surface area (Å²) in [5.41, 5.74) is 0.696. The quantitative estimate of drug-likeness (QED) is 0.857. The number of rotatable bonds is 5. The Hall–Kier alpha value is -1.89. The van der Waals surface area contributed by atoms with Gasteiger partial charge in [-0.1, -0.05) is 6.92 Å². The van der Waals surface area contributed by atoms with Crippen molar-refractivity contribution in [3.8, 4) is 0 Å². The van der Waals surface area contributed by atoms with Crippen molar-refractivity contribution in [3.63, 3.8) is 0 Å². The molecular formula is C13H19N3O4. The van der Waals surface area contributed by atoms with Crippen LogP contribution >= 0.6 is 0 Å². The van der Waals surface area contributed by atoms with Crippen LogP contribution in [0.4, 0.5) is 0 Å². The van der Waals surface area contributed by atoms with Gasteiger partial charge in [-0.05, 0) is 19.4 Å². The van der Waals surface area contributed by atoms with Gasteiger partial charge in [0.15, 0.2) is 6.10 Å². The second-order valence-corrected chi connectivity index (χ2v) is 4.67. The summed E-state index contributed by atoms with van der Waals surface area (Å²) in [5, 5.41) is 13.5. The summed E-state index contributed by atoms with van der Waals surface area (Å²) in [6, 6.07) is 1.12. The number of aryl methyl sites for hydroxylation is 1. The van der Waals surface area contributed by atoms with Crippen molar-refractivity contribution in [2.45, 2.75) is 39.0 Å². The van der Waals surface area contributed by atoms with Crippen molar-refractivity contribution < 1.29 is 19.4 Å². The molecule has 1 aliphatic rings. The van der Waals surface area contributed by atoms with Crippen LogP contribution in [-0.2, 0) is 20.9 Å². The van der Waals surface area contributed by atoms with E-state index in [9.17, 15) is 14.7 Å². The van der Waals surface area contributed by atoms with Crippen LogP contribution in [0.2, 0.25) is 0 Å². The number of hydrogen-bond acceptors (Lipinski definition) is 4. The minimum Gasteiger partial charge on any atom is -0.479 e. The van der Waals surface area contributed by atoms with E-state index in [0.29, 0.717) is 18.8 Å². The number of aliphatic carboxylic acids is 1. The van der Waals surface area contributed by atoms with E-state index in [1.54, 1.807) is 21.8 Å². The monoisotopic (exact) mass is 281 g/mol. The Morgan fingerprint density at radius 3 is 2.90 bits per heavy atom. The highest BCUT2D eigenvalue weighted by molar-refractivity contribution is 5.82. The third kappa shape index (κ3) is 2.53. The fourth-order valence-electron chi connectivity index (χ4n) is 2.54. The topological polar surface area (TPSA) is 84.7 Å². The molecule has 0 bridgehead atoms. The summed E-state index contributed by atoms with van der Waals surface area (Å²) in [6.07, 6.45) is 1.32. The van der Waals surface area contributed by atoms with Crippen LogP contribution in [0.15, 0.2) is 12.3 Å². The van der Waals surface area contributed by atoms with Gasteiger partial charge in [0, 0.05) is 19.3 Å². The summed E-state index contributed by atoms with van der Waals surface area (Å²) in [4.78, 5) is 25.0. The van der Waals surface area contributed by atoms with E-state index < -0.39 is 18.1 Å². The van der Waals surface area contributed by atoms with Gasteiger partial charge in [0.1, 0.15) is 12.6 Å². The Morgan fingerprint density at radius 2 is 2.30 bits per heavy atom. The van der Waals surface area contributed by atoms with Crippen LogP contribution in [0.25, 0.3) is 0 Å². The second-order valence-electron chi connectivity index (χ2n) is 4.67. The number of aromatic nitrogens is 2. The van der Waals surface area contributed by atoms with Crippen LogP contribution in [0.3, 0.4) is 0 Å². The maximum atomic E-state index is 12.0. The molecule has 1 N–H and O–H groups in total. The number of amides is 1. The number of carboxylic acid groups (broad SMARTS) is 1. The third-order valence-corrected chi connectivity index (χ3v) is 3.39. The van der Waals surface area contributed by atoms with Gasteiger partial charge in [-0.3, -0.25) is 9.48 Å². The van der Waals surface area contributed by atoms with Gasteiger partial charge in [-0.25, -0.2) is 4.79 Å². The summed E-state index contributed by atoms with van der Waals surface area (Å²) < 4.78 is 6.93. The normalized spacial score (nSPS) is 23.1. The van der Waals surface area contributed by atoms with Crippen LogP contribution in [0.1, 0.15) is 32.0 Å². The molecule has 1 fully saturated rings. The smallest absolute Gasteiger partial charge is 0.335 e. The van der Waals surface area contributed by atoms with E-state index in [-0.39, 0.29) is 12.5 Å². The molecule has 1 saturated heterocycles. The van der Waals surface area contributed by atoms with E-state index in [1.807, 2.05) is 13.8 Å². The summed E-state index contributed by atoms with van der Waals surface area (Å²) in [5.74, 6) is -1.24. The van der Waals surface area contributed by atoms with Gasteiger partial charge in [0.05, 0.1) is 5.69 Å². The molecule has 2 atom stereocenters. The van der Waals surface area contributed by atoms with Gasteiger partial charge in [0.25, 0.3) is 0 Å². The molecule has 7 nitrogen and oxygen atoms in total. The van der Waals surface area contributed by atoms with E-state index in [0.717, 1.165) is 6.42 Å². The first-order chi connectivity index (χ1) is 9.60. The number of hydrogen-bond donors (Lipinski definition) is 1. The lowest BCUT2D eigenvalue weighted by Crippen LogP contribution is -2.52. The minimum absolute atomic E-state index is 0.182. The van der Waals surface area contributed by atoms with E-state index in [2.05, 4.69) is 5.10 Å². The number of morpholine rings is 1. The predicted octanol–water partition coefficient (Wildman–Crippen LogP) is 0.666. The first-order valence-electron chi connectivity index (χ1n) is 6.75. The molecule has 0 spiro atoms. The molecule has 1 aromatic rings. The summed E-state index contributed by atoms with van der Waals surface area (Å²) >= 11 is 0. The molecule has 0 saturated carbocycles. The number of nitrogens with zero attached hydrogens (tertiary/aromatic N) is 3. The standard InChI is InChI=1S/C13H19N3O4/c1-3-7-15-10(17)8-20-12(13(18)19)11(15)9-5-6-14-16(9)4-2/h5-6,11-12H,3-4,7-8H2,1-2H3,(H,18,19). The zero-order valence-corrected chi connectivity index (χ0v) is 11.7. The molecular weight excluding hydrogens is 262 g/mol. The molecule has 1 aliphatic heterocycles. The Labute approximate surface area is 117 Å². The van der Waals surface area contributed by atoms with Crippen LogP contribution in [-0.4, -0.2) is 50.9 Å². The summed E-state index contributed by atoms with van der Waals surface area (Å²) in [6.45, 7) is 4.80. The Kier molecular flexibility index (Phi) is 4.39. The van der Waals surface area contributed by atoms with Gasteiger partial charge in [0.2, 0.25) is 5.91 Å². The number of carbonyl (C=O) groups excluding carboxylic acids is 1. The molecule has 0 aliphatic carbocycles. The van der Waals surface area contributed by atoms with E-state index in [4.69, 9.17) is 4.74 Å². The van der Waals surface area contributed by atoms with Gasteiger partial charge >= 0.3 is 5.97 Å². The first kappa shape index (κ1) is 14.5. The number of ether oxygens (including phenoxy) is 1. The maximum absolute atomic E-state index is 12.0. The molecule has 2 heterocycles. The van der Waals surface area contributed by atoms with Crippen molar-refractivity contribution >= 4 is 11.9 Å². The SMILES string of the molecule is CCCN1C(=O)COC(C(=O)O)C1c1ccnn1CC. The van der Waals surface area contributed by atoms with Crippen LogP contribution in [0.5, 0.6) is 0 Å². The molecule has 2 unspecified atom stereocenters. The van der Waals surface area contributed by atoms with E-state index >= 15 is 0 Å². The number of carboxylic acids is 1. The molecule has 20 heavy (non-hydrogen) atoms. The van der Waals surface area contributed by atoms with Gasteiger partial charge < -0.3 is 14.7 Å². The average molecular weight is 281 g/mol. The Morgan fingerprint density at radius 1 is 1.55 bits per heavy atom. The fourth-order valence-corrected chi connectivity index (χ4v) is 2.54. The van der Waals surface area contributed by atoms with Crippen molar-refractivity contribution in [1.82, 2.24) is 14.7 Å². The van der Waals surface area contributed by atoms with Crippen molar-refractivity contribution in [2.24, 2.45) is 0 Å². The zero-order valence-electron chi connectivity index (χ0n) is 11.7. The highest BCUT2D eigenvalue weighted by atomic mass is 16.5. The molecule has 1 aromatic heterocycles. The van der Waals surface area contributed by atoms with Crippen molar-refractivity contribution in [3.05, 3.63) is 18.0 Å². The maximum Gasteiger partial charge on any atom is 0.335 e. The van der Waals surface area contributed by atoms with Gasteiger partial charge in [-0.2, -0.15) is 5.10 Å². The first-order valence-corrected chi connectivity index (χ1v) is 6.75. The van der Waals surface area contributed by atoms with E-state index in [1.165, 1.54) is 0 Å². The highest BCUT2D eigenvalue weighted by Crippen LogP contribution is 2.30. The third-order valence-electron chi connectivity index (χ3n) is 3.39. The highest BCUT2D eigenvalue weighted by Gasteiger charge is 2.42. The lowest BCUT2D eigenvalue weighted by Gasteiger charge is -2.39. The Bertz CT molecular complexity index is 500. The molecule has 1 amide bonds. The Balaban J connectivity index is 2.43. The predicted molar refractivity (Wildman–Crippen MR) is 70.0 cm³/mol. The zero-order chi connectivity index (χ0) is 14.7. The molecule has 2 rings (SSSR count). The number of carbonyl (C=O) groups is 2. The molecule has 7 heteroatoms. The average Bonchev–Trinajstić information content (AvgIpc) is 2.88. The lowest BCUT2D eigenvalue weighted by molar-refractivity contribution is -0.173. The molecule has 0 aromatic carbocycles. The largest absolute Gasteiger partial charge is 0.479 e. The van der Waals surface area contributed by atoms with Crippen LogP contribution in [0, 0.1) is 0 Å². The van der Waals surface area contributed by atoms with Gasteiger partial charge in [-0.15, -0.1) is 0 Å². The van der Waals surface area contributed by atoms with Crippen LogP contribution < -0.4 is 0 Å². The summed E-state index contributed by atoms with van der Waals surface area (Å²) in [7, 11) is 0. The minimum atomic E-state index is -1.06. The second kappa shape index (κ2) is 6.04. The van der Waals surface area contributed by atoms with Crippen molar-refractivity contribution in [1.29, 1.82) is 0 Å².